The summed E-state index contributed by atoms with van der Waals surface area (Å²) < 4.78 is 0. The highest BCUT2D eigenvalue weighted by molar-refractivity contribution is 6.00. The number of nitrogens with one attached hydrogen (secondary N) is 1. The normalized spacial score (nSPS) is 10.1. The van der Waals surface area contributed by atoms with Crippen LogP contribution in [0.5, 0.6) is 0 Å². The molecule has 0 unspecified atom stereocenters. The van der Waals surface area contributed by atoms with E-state index in [2.05, 4.69) is 11.4 Å². The van der Waals surface area contributed by atoms with Crippen LogP contribution in [0, 0.1) is 11.3 Å². The van der Waals surface area contributed by atoms with E-state index in [1.54, 1.807) is 25.2 Å². The average Bonchev–Trinajstić information content (AvgIpc) is 2.38. The number of hydrogen-bond donors (Lipinski definition) is 2. The second-order valence-electron chi connectivity index (χ2n) is 4.55. The van der Waals surface area contributed by atoms with E-state index >= 15 is 0 Å². The van der Waals surface area contributed by atoms with Crippen molar-refractivity contribution in [2.24, 2.45) is 0 Å². The fourth-order valence-corrected chi connectivity index (χ4v) is 1.94. The van der Waals surface area contributed by atoms with Crippen LogP contribution in [0.1, 0.15) is 30.6 Å². The number of amides is 1. The van der Waals surface area contributed by atoms with Crippen LogP contribution < -0.4 is 16.0 Å². The first-order chi connectivity index (χ1) is 9.01. The minimum Gasteiger partial charge on any atom is -0.399 e. The van der Waals surface area contributed by atoms with E-state index in [-0.39, 0.29) is 11.9 Å². The molecule has 5 heteroatoms. The SMILES string of the molecule is CNC(=O)c1ccc(N)cc1N(CCC#N)C(C)C. The molecule has 1 amide bonds. The van der Waals surface area contributed by atoms with Gasteiger partial charge in [-0.05, 0) is 32.0 Å². The minimum atomic E-state index is -0.155. The van der Waals surface area contributed by atoms with Gasteiger partial charge in [0.15, 0.2) is 0 Å². The van der Waals surface area contributed by atoms with Gasteiger partial charge in [0.2, 0.25) is 0 Å². The Balaban J connectivity index is 3.23. The van der Waals surface area contributed by atoms with Crippen LogP contribution in [0.2, 0.25) is 0 Å². The second kappa shape index (κ2) is 6.64. The maximum atomic E-state index is 11.9. The summed E-state index contributed by atoms with van der Waals surface area (Å²) in [4.78, 5) is 13.9. The molecule has 0 bridgehead atoms. The van der Waals surface area contributed by atoms with Gasteiger partial charge in [-0.1, -0.05) is 0 Å². The predicted octanol–water partition coefficient (Wildman–Crippen LogP) is 1.76. The highest BCUT2D eigenvalue weighted by Crippen LogP contribution is 2.25. The van der Waals surface area contributed by atoms with Crippen molar-refractivity contribution < 1.29 is 4.79 Å². The molecular formula is C14H20N4O. The number of hydrogen-bond acceptors (Lipinski definition) is 4. The highest BCUT2D eigenvalue weighted by Gasteiger charge is 2.18. The van der Waals surface area contributed by atoms with Crippen LogP contribution in [-0.4, -0.2) is 25.5 Å². The number of rotatable bonds is 5. The van der Waals surface area contributed by atoms with Gasteiger partial charge in [0.05, 0.1) is 23.7 Å². The van der Waals surface area contributed by atoms with Crippen molar-refractivity contribution in [3.05, 3.63) is 23.8 Å². The second-order valence-corrected chi connectivity index (χ2v) is 4.55. The molecular weight excluding hydrogens is 240 g/mol. The molecule has 0 radical (unpaired) electrons. The van der Waals surface area contributed by atoms with E-state index in [1.165, 1.54) is 0 Å². The Labute approximate surface area is 114 Å². The van der Waals surface area contributed by atoms with Gasteiger partial charge >= 0.3 is 0 Å². The number of benzene rings is 1. The van der Waals surface area contributed by atoms with Gasteiger partial charge in [-0.25, -0.2) is 0 Å². The largest absolute Gasteiger partial charge is 0.399 e. The van der Waals surface area contributed by atoms with E-state index < -0.39 is 0 Å². The molecule has 0 saturated heterocycles. The molecule has 0 aromatic heterocycles. The van der Waals surface area contributed by atoms with E-state index in [0.717, 1.165) is 5.69 Å². The number of nitrogens with zero attached hydrogens (tertiary/aromatic N) is 2. The summed E-state index contributed by atoms with van der Waals surface area (Å²) in [7, 11) is 1.59. The van der Waals surface area contributed by atoms with Gasteiger partial charge in [-0.2, -0.15) is 5.26 Å². The van der Waals surface area contributed by atoms with Crippen LogP contribution in [0.4, 0.5) is 11.4 Å². The molecule has 0 aliphatic carbocycles. The van der Waals surface area contributed by atoms with Crippen molar-refractivity contribution in [3.63, 3.8) is 0 Å². The van der Waals surface area contributed by atoms with Crippen LogP contribution >= 0.6 is 0 Å². The topological polar surface area (TPSA) is 82.2 Å². The zero-order valence-electron chi connectivity index (χ0n) is 11.6. The summed E-state index contributed by atoms with van der Waals surface area (Å²) in [6.07, 6.45) is 0.403. The number of nitriles is 1. The molecule has 0 spiro atoms. The molecule has 0 atom stereocenters. The van der Waals surface area contributed by atoms with Crippen molar-refractivity contribution in [3.8, 4) is 6.07 Å². The van der Waals surface area contributed by atoms with Crippen LogP contribution in [0.25, 0.3) is 0 Å². The molecule has 3 N–H and O–H groups in total. The molecule has 1 aromatic carbocycles. The lowest BCUT2D eigenvalue weighted by atomic mass is 10.1. The Kier molecular flexibility index (Phi) is 5.19. The number of nitrogens with two attached hydrogens (primary N) is 1. The van der Waals surface area contributed by atoms with Gasteiger partial charge in [0, 0.05) is 25.3 Å². The lowest BCUT2D eigenvalue weighted by Crippen LogP contribution is -2.34. The van der Waals surface area contributed by atoms with Gasteiger partial charge in [-0.3, -0.25) is 4.79 Å². The number of carbonyl (C=O) groups excluding carboxylic acids is 1. The summed E-state index contributed by atoms with van der Waals surface area (Å²) in [6, 6.07) is 7.50. The smallest absolute Gasteiger partial charge is 0.253 e. The van der Waals surface area contributed by atoms with Crippen molar-refractivity contribution in [1.82, 2.24) is 5.32 Å². The number of carbonyl (C=O) groups is 1. The summed E-state index contributed by atoms with van der Waals surface area (Å²) in [5.41, 5.74) is 7.76. The number of anilines is 2. The van der Waals surface area contributed by atoms with Crippen LogP contribution in [0.15, 0.2) is 18.2 Å². The highest BCUT2D eigenvalue weighted by atomic mass is 16.1. The molecule has 0 fully saturated rings. The van der Waals surface area contributed by atoms with Gasteiger partial charge in [-0.15, -0.1) is 0 Å². The average molecular weight is 260 g/mol. The first-order valence-corrected chi connectivity index (χ1v) is 6.26. The van der Waals surface area contributed by atoms with E-state index in [0.29, 0.717) is 24.2 Å². The number of nitrogen functional groups attached to an aromatic ring is 1. The third-order valence-electron chi connectivity index (χ3n) is 2.89. The molecule has 1 rings (SSSR count). The first-order valence-electron chi connectivity index (χ1n) is 6.26. The summed E-state index contributed by atoms with van der Waals surface area (Å²) in [6.45, 7) is 4.62. The van der Waals surface area contributed by atoms with Gasteiger partial charge in [0.25, 0.3) is 5.91 Å². The van der Waals surface area contributed by atoms with E-state index in [9.17, 15) is 4.79 Å². The van der Waals surface area contributed by atoms with Gasteiger partial charge in [0.1, 0.15) is 0 Å². The Morgan fingerprint density at radius 1 is 1.53 bits per heavy atom. The molecule has 0 aliphatic heterocycles. The maximum absolute atomic E-state index is 11.9. The Bertz CT molecular complexity index is 491. The Morgan fingerprint density at radius 2 is 2.21 bits per heavy atom. The molecule has 102 valence electrons. The molecule has 0 saturated carbocycles. The lowest BCUT2D eigenvalue weighted by Gasteiger charge is -2.30. The van der Waals surface area contributed by atoms with E-state index in [1.807, 2.05) is 18.7 Å². The summed E-state index contributed by atoms with van der Waals surface area (Å²) in [5.74, 6) is -0.155. The predicted molar refractivity (Wildman–Crippen MR) is 77.0 cm³/mol. The fraction of sp³-hybridized carbons (Fsp3) is 0.429. The zero-order chi connectivity index (χ0) is 14.4. The summed E-state index contributed by atoms with van der Waals surface area (Å²) in [5, 5.41) is 11.4. The Hall–Kier alpha value is -2.22. The monoisotopic (exact) mass is 260 g/mol. The first kappa shape index (κ1) is 14.8. The molecule has 1 aromatic rings. The minimum absolute atomic E-state index is 0.155. The molecule has 0 aliphatic rings. The van der Waals surface area contributed by atoms with Crippen molar-refractivity contribution in [2.45, 2.75) is 26.3 Å². The molecule has 0 heterocycles. The van der Waals surface area contributed by atoms with E-state index in [4.69, 9.17) is 11.0 Å². The van der Waals surface area contributed by atoms with Crippen molar-refractivity contribution in [1.29, 1.82) is 5.26 Å². The van der Waals surface area contributed by atoms with Crippen LogP contribution in [-0.2, 0) is 0 Å². The lowest BCUT2D eigenvalue weighted by molar-refractivity contribution is 0.0963. The third kappa shape index (κ3) is 3.62. The van der Waals surface area contributed by atoms with Crippen molar-refractivity contribution >= 4 is 17.3 Å². The quantitative estimate of drug-likeness (QED) is 0.790. The molecule has 19 heavy (non-hydrogen) atoms. The van der Waals surface area contributed by atoms with Crippen LogP contribution in [0.3, 0.4) is 0 Å². The standard InChI is InChI=1S/C14H20N4O/c1-10(2)18(8-4-7-15)13-9-11(16)5-6-12(13)14(19)17-3/h5-6,9-10H,4,8,16H2,1-3H3,(H,17,19). The summed E-state index contributed by atoms with van der Waals surface area (Å²) >= 11 is 0. The molecule has 5 nitrogen and oxygen atoms in total. The zero-order valence-corrected chi connectivity index (χ0v) is 11.6. The van der Waals surface area contributed by atoms with Crippen molar-refractivity contribution in [2.75, 3.05) is 24.2 Å². The Morgan fingerprint density at radius 3 is 2.74 bits per heavy atom. The third-order valence-corrected chi connectivity index (χ3v) is 2.89. The fourth-order valence-electron chi connectivity index (χ4n) is 1.94. The van der Waals surface area contributed by atoms with Gasteiger partial charge < -0.3 is 16.0 Å². The maximum Gasteiger partial charge on any atom is 0.253 e.